The third-order valence-electron chi connectivity index (χ3n) is 4.61. The van der Waals surface area contributed by atoms with Gasteiger partial charge in [-0.15, -0.1) is 0 Å². The Bertz CT molecular complexity index is 1190. The number of fused-ring (bicyclic) bond motifs is 1. The lowest BCUT2D eigenvalue weighted by atomic mass is 10.2. The van der Waals surface area contributed by atoms with Crippen LogP contribution < -0.4 is 14.8 Å². The molecular weight excluding hydrogens is 414 g/mol. The second kappa shape index (κ2) is 9.05. The SMILES string of the molecule is COc1cc(NC(=O)C(C)Sc2ncnc3c2cnn3-c2ccccc2)cc(OC)c1. The zero-order valence-corrected chi connectivity index (χ0v) is 18.1. The summed E-state index contributed by atoms with van der Waals surface area (Å²) in [5.41, 5.74) is 2.19. The Balaban J connectivity index is 1.54. The predicted octanol–water partition coefficient (Wildman–Crippen LogP) is 3.95. The summed E-state index contributed by atoms with van der Waals surface area (Å²) in [7, 11) is 3.13. The monoisotopic (exact) mass is 435 g/mol. The van der Waals surface area contributed by atoms with Crippen molar-refractivity contribution in [2.45, 2.75) is 17.2 Å². The van der Waals surface area contributed by atoms with E-state index in [4.69, 9.17) is 9.47 Å². The molecule has 1 atom stereocenters. The van der Waals surface area contributed by atoms with Crippen LogP contribution in [0.5, 0.6) is 11.5 Å². The van der Waals surface area contributed by atoms with Crippen LogP contribution in [-0.4, -0.2) is 45.1 Å². The normalized spacial score (nSPS) is 11.8. The molecule has 9 heteroatoms. The number of carbonyl (C=O) groups excluding carboxylic acids is 1. The second-order valence-corrected chi connectivity index (χ2v) is 7.99. The van der Waals surface area contributed by atoms with E-state index in [1.54, 1.807) is 43.3 Å². The van der Waals surface area contributed by atoms with Crippen molar-refractivity contribution in [3.05, 3.63) is 61.1 Å². The van der Waals surface area contributed by atoms with Crippen LogP contribution in [0.3, 0.4) is 0 Å². The average molecular weight is 436 g/mol. The van der Waals surface area contributed by atoms with E-state index in [-0.39, 0.29) is 5.91 Å². The van der Waals surface area contributed by atoms with E-state index in [9.17, 15) is 4.79 Å². The molecule has 0 fully saturated rings. The number of para-hydroxylation sites is 1. The molecule has 0 aliphatic heterocycles. The standard InChI is InChI=1S/C22H21N5O3S/c1-14(21(28)26-15-9-17(29-2)11-18(10-15)30-3)31-22-19-12-25-27(20(19)23-13-24-22)16-7-5-4-6-8-16/h4-14H,1-3H3,(H,26,28). The third kappa shape index (κ3) is 4.46. The summed E-state index contributed by atoms with van der Waals surface area (Å²) >= 11 is 1.35. The van der Waals surface area contributed by atoms with Crippen LogP contribution in [-0.2, 0) is 4.79 Å². The number of thioether (sulfide) groups is 1. The molecule has 158 valence electrons. The van der Waals surface area contributed by atoms with Gasteiger partial charge in [0, 0.05) is 23.9 Å². The van der Waals surface area contributed by atoms with Crippen molar-refractivity contribution >= 4 is 34.4 Å². The minimum Gasteiger partial charge on any atom is -0.497 e. The maximum absolute atomic E-state index is 12.8. The molecule has 4 aromatic rings. The number of methoxy groups -OCH3 is 2. The van der Waals surface area contributed by atoms with Gasteiger partial charge in [-0.25, -0.2) is 14.6 Å². The average Bonchev–Trinajstić information content (AvgIpc) is 3.24. The second-order valence-electron chi connectivity index (χ2n) is 6.66. The van der Waals surface area contributed by atoms with E-state index in [0.717, 1.165) is 11.1 Å². The van der Waals surface area contributed by atoms with Crippen LogP contribution in [0.25, 0.3) is 16.7 Å². The number of carbonyl (C=O) groups is 1. The van der Waals surface area contributed by atoms with Gasteiger partial charge < -0.3 is 14.8 Å². The van der Waals surface area contributed by atoms with Gasteiger partial charge in [-0.3, -0.25) is 4.79 Å². The molecule has 1 N–H and O–H groups in total. The molecule has 0 saturated carbocycles. The number of hydrogen-bond acceptors (Lipinski definition) is 7. The van der Waals surface area contributed by atoms with Crippen LogP contribution in [0, 0.1) is 0 Å². The fraction of sp³-hybridized carbons (Fsp3) is 0.182. The number of benzene rings is 2. The molecule has 2 heterocycles. The summed E-state index contributed by atoms with van der Waals surface area (Å²) in [5, 5.41) is 8.44. The predicted molar refractivity (Wildman–Crippen MR) is 120 cm³/mol. The van der Waals surface area contributed by atoms with Crippen molar-refractivity contribution in [3.8, 4) is 17.2 Å². The first-order valence-electron chi connectivity index (χ1n) is 9.54. The molecule has 2 aromatic carbocycles. The summed E-state index contributed by atoms with van der Waals surface area (Å²) in [4.78, 5) is 21.6. The molecule has 4 rings (SSSR count). The summed E-state index contributed by atoms with van der Waals surface area (Å²) in [6.45, 7) is 1.83. The van der Waals surface area contributed by atoms with Gasteiger partial charge in [0.2, 0.25) is 5.91 Å². The molecule has 1 unspecified atom stereocenters. The number of anilines is 1. The molecule has 0 saturated heterocycles. The highest BCUT2D eigenvalue weighted by Gasteiger charge is 2.19. The maximum Gasteiger partial charge on any atom is 0.237 e. The smallest absolute Gasteiger partial charge is 0.237 e. The van der Waals surface area contributed by atoms with Crippen LogP contribution >= 0.6 is 11.8 Å². The van der Waals surface area contributed by atoms with E-state index in [1.807, 2.05) is 37.3 Å². The molecule has 0 aliphatic rings. The van der Waals surface area contributed by atoms with Crippen LogP contribution in [0.1, 0.15) is 6.92 Å². The summed E-state index contributed by atoms with van der Waals surface area (Å²) < 4.78 is 12.3. The van der Waals surface area contributed by atoms with Gasteiger partial charge >= 0.3 is 0 Å². The number of nitrogens with one attached hydrogen (secondary N) is 1. The van der Waals surface area contributed by atoms with Crippen LogP contribution in [0.2, 0.25) is 0 Å². The van der Waals surface area contributed by atoms with Crippen molar-refractivity contribution in [1.29, 1.82) is 0 Å². The number of aromatic nitrogens is 4. The molecular formula is C22H21N5O3S. The molecule has 8 nitrogen and oxygen atoms in total. The van der Waals surface area contributed by atoms with Gasteiger partial charge in [0.15, 0.2) is 5.65 Å². The topological polar surface area (TPSA) is 91.2 Å². The Morgan fingerprint density at radius 1 is 1.06 bits per heavy atom. The Kier molecular flexibility index (Phi) is 6.03. The summed E-state index contributed by atoms with van der Waals surface area (Å²) in [5.74, 6) is 1.03. The first kappa shape index (κ1) is 20.7. The van der Waals surface area contributed by atoms with Crippen LogP contribution in [0.15, 0.2) is 66.1 Å². The highest BCUT2D eigenvalue weighted by molar-refractivity contribution is 8.00. The van der Waals surface area contributed by atoms with Gasteiger partial charge in [0.1, 0.15) is 22.9 Å². The van der Waals surface area contributed by atoms with Crippen molar-refractivity contribution in [2.24, 2.45) is 0 Å². The first-order valence-corrected chi connectivity index (χ1v) is 10.4. The first-order chi connectivity index (χ1) is 15.1. The molecule has 1 amide bonds. The lowest BCUT2D eigenvalue weighted by molar-refractivity contribution is -0.115. The third-order valence-corrected chi connectivity index (χ3v) is 5.72. The van der Waals surface area contributed by atoms with Gasteiger partial charge in [0.05, 0.1) is 36.7 Å². The minimum atomic E-state index is -0.407. The van der Waals surface area contributed by atoms with Crippen molar-refractivity contribution in [2.75, 3.05) is 19.5 Å². The van der Waals surface area contributed by atoms with Crippen molar-refractivity contribution in [1.82, 2.24) is 19.7 Å². The lowest BCUT2D eigenvalue weighted by Crippen LogP contribution is -2.22. The van der Waals surface area contributed by atoms with Gasteiger partial charge in [-0.05, 0) is 19.1 Å². The number of rotatable bonds is 7. The quantitative estimate of drug-likeness (QED) is 0.347. The fourth-order valence-electron chi connectivity index (χ4n) is 3.02. The summed E-state index contributed by atoms with van der Waals surface area (Å²) in [6, 6.07) is 15.0. The minimum absolute atomic E-state index is 0.164. The molecule has 0 spiro atoms. The van der Waals surface area contributed by atoms with E-state index in [0.29, 0.717) is 27.9 Å². The highest BCUT2D eigenvalue weighted by atomic mass is 32.2. The molecule has 0 bridgehead atoms. The van der Waals surface area contributed by atoms with Gasteiger partial charge in [-0.1, -0.05) is 30.0 Å². The Labute approximate surface area is 183 Å². The van der Waals surface area contributed by atoms with Crippen LogP contribution in [0.4, 0.5) is 5.69 Å². The lowest BCUT2D eigenvalue weighted by Gasteiger charge is -2.13. The Morgan fingerprint density at radius 2 is 1.77 bits per heavy atom. The Morgan fingerprint density at radius 3 is 2.45 bits per heavy atom. The molecule has 0 radical (unpaired) electrons. The number of amides is 1. The molecule has 2 aromatic heterocycles. The van der Waals surface area contributed by atoms with E-state index < -0.39 is 5.25 Å². The number of hydrogen-bond donors (Lipinski definition) is 1. The zero-order chi connectivity index (χ0) is 21.8. The highest BCUT2D eigenvalue weighted by Crippen LogP contribution is 2.30. The van der Waals surface area contributed by atoms with Gasteiger partial charge in [0.25, 0.3) is 0 Å². The van der Waals surface area contributed by atoms with E-state index >= 15 is 0 Å². The molecule has 0 aliphatic carbocycles. The number of nitrogens with zero attached hydrogens (tertiary/aromatic N) is 4. The maximum atomic E-state index is 12.8. The van der Waals surface area contributed by atoms with Gasteiger partial charge in [-0.2, -0.15) is 5.10 Å². The number of ether oxygens (including phenoxy) is 2. The Hall–Kier alpha value is -3.59. The molecule has 31 heavy (non-hydrogen) atoms. The van der Waals surface area contributed by atoms with E-state index in [2.05, 4.69) is 20.4 Å². The van der Waals surface area contributed by atoms with Crippen molar-refractivity contribution in [3.63, 3.8) is 0 Å². The zero-order valence-electron chi connectivity index (χ0n) is 17.3. The van der Waals surface area contributed by atoms with E-state index in [1.165, 1.54) is 18.1 Å². The van der Waals surface area contributed by atoms with Crippen molar-refractivity contribution < 1.29 is 14.3 Å². The fourth-order valence-corrected chi connectivity index (χ4v) is 3.90. The summed E-state index contributed by atoms with van der Waals surface area (Å²) in [6.07, 6.45) is 3.21. The largest absolute Gasteiger partial charge is 0.497 e.